The van der Waals surface area contributed by atoms with Gasteiger partial charge in [-0.3, -0.25) is 0 Å². The molecule has 0 aliphatic rings. The third-order valence-electron chi connectivity index (χ3n) is 3.76. The summed E-state index contributed by atoms with van der Waals surface area (Å²) in [5.74, 6) is 1.61. The Balaban J connectivity index is 2.83. The van der Waals surface area contributed by atoms with Gasteiger partial charge in [0.05, 0.1) is 5.60 Å². The smallest absolute Gasteiger partial charge is 0.0692 e. The van der Waals surface area contributed by atoms with Crippen molar-refractivity contribution in [1.82, 2.24) is 0 Å². The molecule has 1 nitrogen and oxygen atoms in total. The molecular weight excluding hydrogens is 244 g/mol. The zero-order valence-corrected chi connectivity index (χ0v) is 14.1. The lowest BCUT2D eigenvalue weighted by molar-refractivity contribution is 0.000743. The number of hydrogen-bond donors (Lipinski definition) is 1. The monoisotopic (exact) mass is 276 g/mol. The average Bonchev–Trinajstić information content (AvgIpc) is 2.26. The van der Waals surface area contributed by atoms with Gasteiger partial charge in [0.25, 0.3) is 0 Å². The second-order valence-corrected chi connectivity index (χ2v) is 7.49. The van der Waals surface area contributed by atoms with Crippen molar-refractivity contribution in [2.24, 2.45) is 11.8 Å². The third kappa shape index (κ3) is 5.66. The van der Waals surface area contributed by atoms with Gasteiger partial charge in [-0.15, -0.1) is 0 Å². The van der Waals surface area contributed by atoms with E-state index in [0.717, 1.165) is 19.3 Å². The Labute approximate surface area is 125 Å². The summed E-state index contributed by atoms with van der Waals surface area (Å²) in [6, 6.07) is 8.76. The molecule has 0 amide bonds. The van der Waals surface area contributed by atoms with Crippen molar-refractivity contribution in [3.8, 4) is 0 Å². The second-order valence-electron chi connectivity index (χ2n) is 7.49. The van der Waals surface area contributed by atoms with Gasteiger partial charge in [0.2, 0.25) is 0 Å². The molecule has 0 radical (unpaired) electrons. The van der Waals surface area contributed by atoms with E-state index in [-0.39, 0.29) is 0 Å². The predicted molar refractivity (Wildman–Crippen MR) is 88.1 cm³/mol. The quantitative estimate of drug-likeness (QED) is 0.728. The lowest BCUT2D eigenvalue weighted by Crippen LogP contribution is -2.34. The zero-order valence-electron chi connectivity index (χ0n) is 14.1. The van der Waals surface area contributed by atoms with E-state index >= 15 is 0 Å². The second kappa shape index (κ2) is 7.26. The third-order valence-corrected chi connectivity index (χ3v) is 3.76. The Morgan fingerprint density at radius 1 is 0.850 bits per heavy atom. The van der Waals surface area contributed by atoms with E-state index in [2.05, 4.69) is 65.8 Å². The first-order valence-electron chi connectivity index (χ1n) is 8.03. The number of rotatable bonds is 7. The first kappa shape index (κ1) is 17.2. The summed E-state index contributed by atoms with van der Waals surface area (Å²) in [6.45, 7) is 13.2. The maximum absolute atomic E-state index is 11.0. The van der Waals surface area contributed by atoms with Gasteiger partial charge < -0.3 is 5.11 Å². The molecule has 0 aromatic heterocycles. The summed E-state index contributed by atoms with van der Waals surface area (Å²) in [4.78, 5) is 0. The summed E-state index contributed by atoms with van der Waals surface area (Å²) >= 11 is 0. The van der Waals surface area contributed by atoms with E-state index in [1.54, 1.807) is 0 Å². The molecule has 20 heavy (non-hydrogen) atoms. The maximum atomic E-state index is 11.0. The molecule has 0 saturated carbocycles. The van der Waals surface area contributed by atoms with Crippen LogP contribution in [0.15, 0.2) is 24.3 Å². The van der Waals surface area contributed by atoms with Gasteiger partial charge in [-0.1, -0.05) is 65.8 Å². The van der Waals surface area contributed by atoms with Crippen LogP contribution in [-0.2, 0) is 6.42 Å². The highest BCUT2D eigenvalue weighted by Gasteiger charge is 2.29. The summed E-state index contributed by atoms with van der Waals surface area (Å²) in [6.07, 6.45) is 2.51. The first-order valence-corrected chi connectivity index (χ1v) is 8.03. The van der Waals surface area contributed by atoms with Crippen LogP contribution in [0.25, 0.3) is 0 Å². The van der Waals surface area contributed by atoms with Crippen LogP contribution in [0, 0.1) is 11.8 Å². The first-order chi connectivity index (χ1) is 9.22. The Bertz CT molecular complexity index is 377. The fourth-order valence-corrected chi connectivity index (χ4v) is 3.15. The van der Waals surface area contributed by atoms with Gasteiger partial charge in [-0.05, 0) is 41.7 Å². The molecule has 0 bridgehead atoms. The Kier molecular flexibility index (Phi) is 6.26. The molecule has 0 aliphatic heterocycles. The maximum Gasteiger partial charge on any atom is 0.0692 e. The highest BCUT2D eigenvalue weighted by molar-refractivity contribution is 5.25. The summed E-state index contributed by atoms with van der Waals surface area (Å²) in [5, 5.41) is 11.0. The van der Waals surface area contributed by atoms with Crippen LogP contribution in [0.4, 0.5) is 0 Å². The molecule has 1 rings (SSSR count). The van der Waals surface area contributed by atoms with Crippen molar-refractivity contribution < 1.29 is 5.11 Å². The Hall–Kier alpha value is -0.820. The van der Waals surface area contributed by atoms with E-state index in [0.29, 0.717) is 17.8 Å². The molecule has 0 aliphatic carbocycles. The predicted octanol–water partition coefficient (Wildman–Crippen LogP) is 5.18. The molecule has 0 saturated heterocycles. The molecule has 0 spiro atoms. The van der Waals surface area contributed by atoms with Gasteiger partial charge >= 0.3 is 0 Å². The molecule has 0 unspecified atom stereocenters. The minimum atomic E-state index is -0.568. The molecule has 0 heterocycles. The largest absolute Gasteiger partial charge is 0.390 e. The van der Waals surface area contributed by atoms with Crippen LogP contribution in [0.2, 0.25) is 0 Å². The van der Waals surface area contributed by atoms with Gasteiger partial charge in [0, 0.05) is 6.42 Å². The molecule has 1 aromatic rings. The minimum Gasteiger partial charge on any atom is -0.390 e. The van der Waals surface area contributed by atoms with Gasteiger partial charge in [0.1, 0.15) is 0 Å². The van der Waals surface area contributed by atoms with Crippen LogP contribution in [0.1, 0.15) is 71.4 Å². The zero-order chi connectivity index (χ0) is 15.3. The van der Waals surface area contributed by atoms with Crippen molar-refractivity contribution in [3.05, 3.63) is 35.4 Å². The van der Waals surface area contributed by atoms with Crippen LogP contribution >= 0.6 is 0 Å². The van der Waals surface area contributed by atoms with Crippen LogP contribution in [-0.4, -0.2) is 10.7 Å². The number of aliphatic hydroxyl groups is 1. The number of benzene rings is 1. The fraction of sp³-hybridized carbons (Fsp3) is 0.684. The molecule has 0 fully saturated rings. The van der Waals surface area contributed by atoms with E-state index in [4.69, 9.17) is 0 Å². The summed E-state index contributed by atoms with van der Waals surface area (Å²) in [5.41, 5.74) is 2.05. The van der Waals surface area contributed by atoms with Gasteiger partial charge in [-0.25, -0.2) is 0 Å². The minimum absolute atomic E-state index is 0.522. The lowest BCUT2D eigenvalue weighted by atomic mass is 9.80. The molecule has 1 heteroatoms. The number of hydrogen-bond acceptors (Lipinski definition) is 1. The van der Waals surface area contributed by atoms with E-state index in [9.17, 15) is 5.11 Å². The van der Waals surface area contributed by atoms with Crippen molar-refractivity contribution in [1.29, 1.82) is 0 Å². The summed E-state index contributed by atoms with van der Waals surface area (Å²) in [7, 11) is 0. The SMILES string of the molecule is CC(C)CC(O)(Cc1ccc(C(C)C)cc1)CC(C)C. The van der Waals surface area contributed by atoms with Crippen LogP contribution < -0.4 is 0 Å². The van der Waals surface area contributed by atoms with Crippen molar-refractivity contribution in [2.45, 2.75) is 72.3 Å². The highest BCUT2D eigenvalue weighted by Crippen LogP contribution is 2.29. The van der Waals surface area contributed by atoms with Crippen LogP contribution in [0.5, 0.6) is 0 Å². The molecule has 1 N–H and O–H groups in total. The fourth-order valence-electron chi connectivity index (χ4n) is 3.15. The van der Waals surface area contributed by atoms with Gasteiger partial charge in [0.15, 0.2) is 0 Å². The van der Waals surface area contributed by atoms with Crippen molar-refractivity contribution >= 4 is 0 Å². The highest BCUT2D eigenvalue weighted by atomic mass is 16.3. The molecular formula is C19H32O. The van der Waals surface area contributed by atoms with Crippen LogP contribution in [0.3, 0.4) is 0 Å². The Morgan fingerprint density at radius 2 is 1.30 bits per heavy atom. The standard InChI is InChI=1S/C19H32O/c1-14(2)11-19(20,12-15(3)4)13-17-7-9-18(10-8-17)16(5)6/h7-10,14-16,20H,11-13H2,1-6H3. The topological polar surface area (TPSA) is 20.2 Å². The van der Waals surface area contributed by atoms with Crippen molar-refractivity contribution in [3.63, 3.8) is 0 Å². The Morgan fingerprint density at radius 3 is 1.65 bits per heavy atom. The van der Waals surface area contributed by atoms with Crippen molar-refractivity contribution in [2.75, 3.05) is 0 Å². The molecule has 1 aromatic carbocycles. The molecule has 114 valence electrons. The normalized spacial score (nSPS) is 12.7. The molecule has 0 atom stereocenters. The van der Waals surface area contributed by atoms with E-state index < -0.39 is 5.60 Å². The summed E-state index contributed by atoms with van der Waals surface area (Å²) < 4.78 is 0. The van der Waals surface area contributed by atoms with E-state index in [1.165, 1.54) is 11.1 Å². The van der Waals surface area contributed by atoms with E-state index in [1.807, 2.05) is 0 Å². The lowest BCUT2D eigenvalue weighted by Gasteiger charge is -2.32. The van der Waals surface area contributed by atoms with Gasteiger partial charge in [-0.2, -0.15) is 0 Å². The average molecular weight is 276 g/mol.